The molecule has 0 unspecified atom stereocenters. The highest BCUT2D eigenvalue weighted by atomic mass is 16.5. The van der Waals surface area contributed by atoms with Gasteiger partial charge in [-0.25, -0.2) is 0 Å². The lowest BCUT2D eigenvalue weighted by molar-refractivity contribution is 0.400. The Morgan fingerprint density at radius 3 is 2.57 bits per heavy atom. The predicted molar refractivity (Wildman–Crippen MR) is 53.2 cm³/mol. The van der Waals surface area contributed by atoms with Gasteiger partial charge in [0, 0.05) is 5.56 Å². The van der Waals surface area contributed by atoms with Gasteiger partial charge in [-0.15, -0.1) is 0 Å². The van der Waals surface area contributed by atoms with Gasteiger partial charge in [0.2, 0.25) is 5.76 Å². The summed E-state index contributed by atoms with van der Waals surface area (Å²) in [6.07, 6.45) is 0. The molecule has 0 N–H and O–H groups in total. The third-order valence-corrected chi connectivity index (χ3v) is 2.05. The van der Waals surface area contributed by atoms with Crippen molar-refractivity contribution in [3.05, 3.63) is 36.0 Å². The van der Waals surface area contributed by atoms with Crippen molar-refractivity contribution in [1.29, 1.82) is 0 Å². The van der Waals surface area contributed by atoms with Crippen molar-refractivity contribution in [2.45, 2.75) is 6.92 Å². The fourth-order valence-electron chi connectivity index (χ4n) is 1.38. The zero-order chi connectivity index (χ0) is 9.97. The normalized spacial score (nSPS) is 10.1. The minimum absolute atomic E-state index is 0.686. The van der Waals surface area contributed by atoms with Crippen LogP contribution < -0.4 is 4.74 Å². The molecule has 3 nitrogen and oxygen atoms in total. The molecular formula is C11H11NO2. The number of rotatable bonds is 2. The fourth-order valence-corrected chi connectivity index (χ4v) is 1.38. The summed E-state index contributed by atoms with van der Waals surface area (Å²) in [5.41, 5.74) is 1.75. The summed E-state index contributed by atoms with van der Waals surface area (Å²) >= 11 is 0. The van der Waals surface area contributed by atoms with Gasteiger partial charge >= 0.3 is 0 Å². The van der Waals surface area contributed by atoms with E-state index in [9.17, 15) is 0 Å². The molecule has 0 aliphatic carbocycles. The largest absolute Gasteiger partial charge is 0.491 e. The molecule has 0 atom stereocenters. The van der Waals surface area contributed by atoms with Gasteiger partial charge in [0.1, 0.15) is 5.69 Å². The van der Waals surface area contributed by atoms with E-state index in [1.165, 1.54) is 0 Å². The molecule has 1 aromatic heterocycles. The predicted octanol–water partition coefficient (Wildman–Crippen LogP) is 2.66. The van der Waals surface area contributed by atoms with Gasteiger partial charge in [-0.05, 0) is 6.92 Å². The molecule has 0 bridgehead atoms. The average Bonchev–Trinajstić information content (AvgIpc) is 2.61. The molecule has 0 aliphatic heterocycles. The Morgan fingerprint density at radius 1 is 1.21 bits per heavy atom. The topological polar surface area (TPSA) is 35.3 Å². The number of benzene rings is 1. The zero-order valence-electron chi connectivity index (χ0n) is 8.15. The standard InChI is InChI=1S/C11H11NO2/c1-8-10(13-2)11(14-12-8)9-6-4-3-5-7-9/h3-7H,1-2H3. The number of hydrogen-bond donors (Lipinski definition) is 0. The molecule has 1 heterocycles. The lowest BCUT2D eigenvalue weighted by Crippen LogP contribution is -1.85. The van der Waals surface area contributed by atoms with Crippen LogP contribution >= 0.6 is 0 Å². The second-order valence-corrected chi connectivity index (χ2v) is 3.00. The third-order valence-electron chi connectivity index (χ3n) is 2.05. The maximum atomic E-state index is 5.21. The van der Waals surface area contributed by atoms with Crippen LogP contribution in [0.4, 0.5) is 0 Å². The summed E-state index contributed by atoms with van der Waals surface area (Å²) in [5, 5.41) is 3.86. The van der Waals surface area contributed by atoms with Crippen molar-refractivity contribution in [3.63, 3.8) is 0 Å². The van der Waals surface area contributed by atoms with E-state index >= 15 is 0 Å². The Labute approximate surface area is 82.3 Å². The highest BCUT2D eigenvalue weighted by molar-refractivity contribution is 5.65. The van der Waals surface area contributed by atoms with E-state index in [0.29, 0.717) is 11.5 Å². The molecule has 0 fully saturated rings. The van der Waals surface area contributed by atoms with Crippen LogP contribution in [0.2, 0.25) is 0 Å². The van der Waals surface area contributed by atoms with Crippen molar-refractivity contribution in [2.75, 3.05) is 7.11 Å². The van der Waals surface area contributed by atoms with Gasteiger partial charge < -0.3 is 9.26 Å². The molecule has 0 amide bonds. The first-order valence-electron chi connectivity index (χ1n) is 4.38. The SMILES string of the molecule is COc1c(C)noc1-c1ccccc1. The number of aryl methyl sites for hydroxylation is 1. The van der Waals surface area contributed by atoms with E-state index in [1.807, 2.05) is 37.3 Å². The Bertz CT molecular complexity index is 420. The molecule has 2 rings (SSSR count). The Morgan fingerprint density at radius 2 is 1.93 bits per heavy atom. The van der Waals surface area contributed by atoms with Crippen LogP contribution in [0.15, 0.2) is 34.9 Å². The molecule has 3 heteroatoms. The Hall–Kier alpha value is -1.77. The summed E-state index contributed by atoms with van der Waals surface area (Å²) in [5.74, 6) is 1.39. The second kappa shape index (κ2) is 3.54. The minimum atomic E-state index is 0.686. The van der Waals surface area contributed by atoms with E-state index in [1.54, 1.807) is 7.11 Å². The first-order valence-corrected chi connectivity index (χ1v) is 4.38. The van der Waals surface area contributed by atoms with Gasteiger partial charge in [-0.3, -0.25) is 0 Å². The van der Waals surface area contributed by atoms with Crippen LogP contribution in [0.5, 0.6) is 5.75 Å². The van der Waals surface area contributed by atoms with Gasteiger partial charge in [-0.1, -0.05) is 35.5 Å². The molecular weight excluding hydrogens is 178 g/mol. The third kappa shape index (κ3) is 1.37. The monoisotopic (exact) mass is 189 g/mol. The molecule has 14 heavy (non-hydrogen) atoms. The second-order valence-electron chi connectivity index (χ2n) is 3.00. The molecule has 0 aliphatic rings. The summed E-state index contributed by atoms with van der Waals surface area (Å²) in [6.45, 7) is 1.86. The molecule has 0 radical (unpaired) electrons. The van der Waals surface area contributed by atoms with E-state index in [0.717, 1.165) is 11.3 Å². The van der Waals surface area contributed by atoms with E-state index in [2.05, 4.69) is 5.16 Å². The first kappa shape index (κ1) is 8.81. The highest BCUT2D eigenvalue weighted by Crippen LogP contribution is 2.32. The fraction of sp³-hybridized carbons (Fsp3) is 0.182. The summed E-state index contributed by atoms with van der Waals surface area (Å²) in [7, 11) is 1.62. The number of nitrogens with zero attached hydrogens (tertiary/aromatic N) is 1. The number of methoxy groups -OCH3 is 1. The molecule has 1 aromatic carbocycles. The van der Waals surface area contributed by atoms with Crippen molar-refractivity contribution in [2.24, 2.45) is 0 Å². The van der Waals surface area contributed by atoms with Crippen LogP contribution in [0.3, 0.4) is 0 Å². The molecule has 72 valence electrons. The van der Waals surface area contributed by atoms with Gasteiger partial charge in [0.25, 0.3) is 0 Å². The number of ether oxygens (including phenoxy) is 1. The molecule has 0 spiro atoms. The van der Waals surface area contributed by atoms with Crippen molar-refractivity contribution >= 4 is 0 Å². The average molecular weight is 189 g/mol. The van der Waals surface area contributed by atoms with Crippen LogP contribution in [0.1, 0.15) is 5.69 Å². The van der Waals surface area contributed by atoms with Crippen LogP contribution in [0, 0.1) is 6.92 Å². The van der Waals surface area contributed by atoms with Gasteiger partial charge in [0.15, 0.2) is 5.75 Å². The summed E-state index contributed by atoms with van der Waals surface area (Å²) < 4.78 is 10.4. The lowest BCUT2D eigenvalue weighted by atomic mass is 10.1. The maximum absolute atomic E-state index is 5.21. The van der Waals surface area contributed by atoms with E-state index in [4.69, 9.17) is 9.26 Å². The highest BCUT2D eigenvalue weighted by Gasteiger charge is 2.14. The number of hydrogen-bond acceptors (Lipinski definition) is 3. The van der Waals surface area contributed by atoms with E-state index in [-0.39, 0.29) is 0 Å². The van der Waals surface area contributed by atoms with Crippen molar-refractivity contribution < 1.29 is 9.26 Å². The first-order chi connectivity index (χ1) is 6.83. The maximum Gasteiger partial charge on any atom is 0.208 e. The number of aromatic nitrogens is 1. The Balaban J connectivity index is 2.52. The Kier molecular flexibility index (Phi) is 2.23. The van der Waals surface area contributed by atoms with Crippen molar-refractivity contribution in [3.8, 4) is 17.1 Å². The van der Waals surface area contributed by atoms with Crippen LogP contribution in [-0.2, 0) is 0 Å². The lowest BCUT2D eigenvalue weighted by Gasteiger charge is -1.99. The molecule has 2 aromatic rings. The summed E-state index contributed by atoms with van der Waals surface area (Å²) in [6, 6.07) is 9.78. The molecule has 0 saturated carbocycles. The van der Waals surface area contributed by atoms with Crippen molar-refractivity contribution in [1.82, 2.24) is 5.16 Å². The van der Waals surface area contributed by atoms with Gasteiger partial charge in [-0.2, -0.15) is 0 Å². The quantitative estimate of drug-likeness (QED) is 0.728. The minimum Gasteiger partial charge on any atom is -0.491 e. The van der Waals surface area contributed by atoms with E-state index < -0.39 is 0 Å². The van der Waals surface area contributed by atoms with Crippen LogP contribution in [0.25, 0.3) is 11.3 Å². The molecule has 0 saturated heterocycles. The van der Waals surface area contributed by atoms with Crippen LogP contribution in [-0.4, -0.2) is 12.3 Å². The van der Waals surface area contributed by atoms with Gasteiger partial charge in [0.05, 0.1) is 7.11 Å². The summed E-state index contributed by atoms with van der Waals surface area (Å²) in [4.78, 5) is 0. The zero-order valence-corrected chi connectivity index (χ0v) is 8.15. The smallest absolute Gasteiger partial charge is 0.208 e.